The molecule has 1 aromatic heterocycles. The van der Waals surface area contributed by atoms with Crippen molar-refractivity contribution in [2.75, 3.05) is 20.3 Å². The number of fused-ring (bicyclic) bond motifs is 5. The minimum atomic E-state index is -0.949. The fourth-order valence-electron chi connectivity index (χ4n) is 6.93. The normalized spacial score (nSPS) is 28.7. The van der Waals surface area contributed by atoms with Gasteiger partial charge in [-0.25, -0.2) is 19.6 Å². The molecule has 1 aromatic carbocycles. The molecule has 1 aliphatic carbocycles. The van der Waals surface area contributed by atoms with Gasteiger partial charge in [0.25, 0.3) is 0 Å². The van der Waals surface area contributed by atoms with Crippen LogP contribution in [0, 0.1) is 23.2 Å². The van der Waals surface area contributed by atoms with Gasteiger partial charge >= 0.3 is 12.1 Å². The van der Waals surface area contributed by atoms with E-state index in [1.54, 1.807) is 12.0 Å². The second-order valence-electron chi connectivity index (χ2n) is 15.2. The summed E-state index contributed by atoms with van der Waals surface area (Å²) >= 11 is 0. The zero-order valence-electron chi connectivity index (χ0n) is 29.3. The number of amides is 2. The average Bonchev–Trinajstić information content (AvgIpc) is 3.49. The van der Waals surface area contributed by atoms with Crippen LogP contribution in [0.25, 0.3) is 11.0 Å². The van der Waals surface area contributed by atoms with Crippen LogP contribution in [0.15, 0.2) is 18.2 Å². The molecular weight excluding hydrogens is 600 g/mol. The maximum absolute atomic E-state index is 14.5. The molecular formula is C36H52N4O7. The van der Waals surface area contributed by atoms with Gasteiger partial charge in [0.15, 0.2) is 0 Å². The third kappa shape index (κ3) is 7.75. The second kappa shape index (κ2) is 13.8. The summed E-state index contributed by atoms with van der Waals surface area (Å²) in [7, 11) is 1.61. The molecule has 1 saturated heterocycles. The number of ether oxygens (including phenoxy) is 4. The van der Waals surface area contributed by atoms with Gasteiger partial charge in [0.1, 0.15) is 35.2 Å². The molecule has 3 aliphatic rings. The lowest BCUT2D eigenvalue weighted by atomic mass is 9.85. The summed E-state index contributed by atoms with van der Waals surface area (Å²) in [6.07, 6.45) is 4.66. The molecule has 2 aromatic rings. The minimum Gasteiger partial charge on any atom is -0.497 e. The van der Waals surface area contributed by atoms with E-state index in [-0.39, 0.29) is 36.8 Å². The maximum Gasteiger partial charge on any atom is 0.408 e. The van der Waals surface area contributed by atoms with Gasteiger partial charge < -0.3 is 29.2 Å². The monoisotopic (exact) mass is 652 g/mol. The first-order chi connectivity index (χ1) is 22.2. The number of nitrogens with one attached hydrogen (secondary N) is 1. The molecule has 2 fully saturated rings. The van der Waals surface area contributed by atoms with E-state index in [2.05, 4.69) is 5.32 Å². The molecule has 0 radical (unpaired) electrons. The van der Waals surface area contributed by atoms with E-state index < -0.39 is 41.3 Å². The minimum absolute atomic E-state index is 0.123. The third-order valence-corrected chi connectivity index (χ3v) is 9.84. The molecule has 47 heavy (non-hydrogen) atoms. The maximum atomic E-state index is 14.5. The van der Waals surface area contributed by atoms with Crippen molar-refractivity contribution < 1.29 is 33.3 Å². The Labute approximate surface area is 278 Å². The molecule has 2 aliphatic heterocycles. The molecule has 2 amide bonds. The van der Waals surface area contributed by atoms with Crippen LogP contribution in [0.1, 0.15) is 92.7 Å². The molecule has 1 saturated carbocycles. The molecule has 11 heteroatoms. The molecule has 1 N–H and O–H groups in total. The number of rotatable bonds is 5. The fourth-order valence-corrected chi connectivity index (χ4v) is 6.93. The summed E-state index contributed by atoms with van der Waals surface area (Å²) < 4.78 is 23.9. The van der Waals surface area contributed by atoms with Crippen LogP contribution in [0.3, 0.4) is 0 Å². The summed E-state index contributed by atoms with van der Waals surface area (Å²) in [4.78, 5) is 53.0. The number of methoxy groups -OCH3 is 1. The lowest BCUT2D eigenvalue weighted by Crippen LogP contribution is -2.57. The predicted molar refractivity (Wildman–Crippen MR) is 177 cm³/mol. The molecule has 6 atom stereocenters. The number of alkyl carbamates (subject to hydrolysis) is 1. The number of benzene rings is 1. The van der Waals surface area contributed by atoms with E-state index in [4.69, 9.17) is 28.9 Å². The Hall–Kier alpha value is -3.63. The average molecular weight is 653 g/mol. The summed E-state index contributed by atoms with van der Waals surface area (Å²) in [6.45, 7) is 13.9. The number of hydrogen-bond acceptors (Lipinski definition) is 9. The largest absolute Gasteiger partial charge is 0.497 e. The molecule has 2 bridgehead atoms. The highest BCUT2D eigenvalue weighted by molar-refractivity contribution is 5.91. The zero-order chi connectivity index (χ0) is 34.1. The van der Waals surface area contributed by atoms with Crippen molar-refractivity contribution in [3.63, 3.8) is 0 Å². The van der Waals surface area contributed by atoms with Crippen LogP contribution in [0.4, 0.5) is 4.79 Å². The van der Waals surface area contributed by atoms with E-state index in [1.807, 2.05) is 66.7 Å². The molecule has 258 valence electrons. The number of carbonyl (C=O) groups is 3. The Morgan fingerprint density at radius 2 is 1.91 bits per heavy atom. The van der Waals surface area contributed by atoms with Crippen molar-refractivity contribution in [2.24, 2.45) is 23.2 Å². The lowest BCUT2D eigenvalue weighted by molar-refractivity contribution is -0.157. The van der Waals surface area contributed by atoms with Gasteiger partial charge in [-0.05, 0) is 62.5 Å². The van der Waals surface area contributed by atoms with E-state index >= 15 is 0 Å². The Morgan fingerprint density at radius 1 is 1.15 bits per heavy atom. The van der Waals surface area contributed by atoms with Crippen molar-refractivity contribution in [3.8, 4) is 11.6 Å². The van der Waals surface area contributed by atoms with E-state index in [0.717, 1.165) is 43.3 Å². The molecule has 0 spiro atoms. The summed E-state index contributed by atoms with van der Waals surface area (Å²) in [6, 6.07) is 3.74. The van der Waals surface area contributed by atoms with Crippen molar-refractivity contribution >= 4 is 29.0 Å². The Kier molecular flexibility index (Phi) is 10.2. The van der Waals surface area contributed by atoms with Crippen LogP contribution in [0.5, 0.6) is 11.6 Å². The Balaban J connectivity index is 1.56. The van der Waals surface area contributed by atoms with Gasteiger partial charge in [-0.1, -0.05) is 54.4 Å². The first-order valence-electron chi connectivity index (χ1n) is 17.2. The highest BCUT2D eigenvalue weighted by atomic mass is 16.6. The quantitative estimate of drug-likeness (QED) is 0.395. The molecule has 6 unspecified atom stereocenters. The van der Waals surface area contributed by atoms with E-state index in [1.165, 1.54) is 0 Å². The molecule has 11 nitrogen and oxygen atoms in total. The summed E-state index contributed by atoms with van der Waals surface area (Å²) in [5.74, 6) is 0.230. The van der Waals surface area contributed by atoms with E-state index in [0.29, 0.717) is 30.0 Å². The van der Waals surface area contributed by atoms with Gasteiger partial charge in [0.05, 0.1) is 31.3 Å². The van der Waals surface area contributed by atoms with Crippen LogP contribution < -0.4 is 14.8 Å². The van der Waals surface area contributed by atoms with Crippen LogP contribution in [0.2, 0.25) is 0 Å². The van der Waals surface area contributed by atoms with Gasteiger partial charge in [-0.2, -0.15) is 0 Å². The zero-order valence-corrected chi connectivity index (χ0v) is 29.3. The predicted octanol–water partition coefficient (Wildman–Crippen LogP) is 5.86. The Morgan fingerprint density at radius 3 is 2.60 bits per heavy atom. The lowest BCUT2D eigenvalue weighted by Gasteiger charge is -2.35. The Bertz CT molecular complexity index is 1470. The van der Waals surface area contributed by atoms with Crippen LogP contribution >= 0.6 is 0 Å². The van der Waals surface area contributed by atoms with Crippen LogP contribution in [-0.2, 0) is 25.5 Å². The SMILES string of the molecule is CCC1C2CN(C(=O)C(C(C)(C)C)NC(=O)OC3(C)CC3CCCCCc3nc4ccc(OC)cc4nc3O2)C1C(=O)OCC(C)C. The third-order valence-electron chi connectivity index (χ3n) is 9.84. The molecule has 5 rings (SSSR count). The van der Waals surface area contributed by atoms with Gasteiger partial charge in [-0.3, -0.25) is 4.79 Å². The van der Waals surface area contributed by atoms with Crippen molar-refractivity contribution in [3.05, 3.63) is 23.9 Å². The standard InChI is InChI=1S/C36H52N4O7/c1-9-24-28-19-40(29(24)33(42)45-20-21(2)3)32(41)30(35(4,5)6)39-34(43)47-36(7)18-22(36)13-11-10-12-14-26-31(46-28)38-27-17-23(44-8)15-16-25(27)37-26/h15-17,21-22,24,28-30H,9-14,18-20H2,1-8H3,(H,39,43). The van der Waals surface area contributed by atoms with Gasteiger partial charge in [0.2, 0.25) is 11.8 Å². The number of hydrogen-bond donors (Lipinski definition) is 1. The van der Waals surface area contributed by atoms with Crippen LogP contribution in [-0.4, -0.2) is 76.9 Å². The fraction of sp³-hybridized carbons (Fsp3) is 0.694. The smallest absolute Gasteiger partial charge is 0.408 e. The van der Waals surface area contributed by atoms with E-state index in [9.17, 15) is 14.4 Å². The summed E-state index contributed by atoms with van der Waals surface area (Å²) in [5, 5.41) is 2.89. The first kappa shape index (κ1) is 34.7. The second-order valence-corrected chi connectivity index (χ2v) is 15.2. The highest BCUT2D eigenvalue weighted by Crippen LogP contribution is 2.49. The first-order valence-corrected chi connectivity index (χ1v) is 17.2. The van der Waals surface area contributed by atoms with Gasteiger partial charge in [-0.15, -0.1) is 0 Å². The number of carbonyl (C=O) groups excluding carboxylic acids is 3. The van der Waals surface area contributed by atoms with Gasteiger partial charge in [0, 0.05) is 17.9 Å². The number of aryl methyl sites for hydroxylation is 1. The molecule has 3 heterocycles. The summed E-state index contributed by atoms with van der Waals surface area (Å²) in [5.41, 5.74) is 0.907. The number of aromatic nitrogens is 2. The van der Waals surface area contributed by atoms with Crippen molar-refractivity contribution in [1.82, 2.24) is 20.2 Å². The highest BCUT2D eigenvalue weighted by Gasteiger charge is 2.55. The number of esters is 1. The van der Waals surface area contributed by atoms with Crippen molar-refractivity contribution in [2.45, 2.75) is 117 Å². The topological polar surface area (TPSA) is 129 Å². The number of nitrogens with zero attached hydrogens (tertiary/aromatic N) is 3. The van der Waals surface area contributed by atoms with Crippen molar-refractivity contribution in [1.29, 1.82) is 0 Å².